The Hall–Kier alpha value is -0.590. The molecule has 1 nitrogen and oxygen atoms in total. The van der Waals surface area contributed by atoms with Crippen LogP contribution >= 0.6 is 0 Å². The largest absolute Gasteiger partial charge is 0.299 e. The third-order valence-corrected chi connectivity index (χ3v) is 3.33. The lowest BCUT2D eigenvalue weighted by Gasteiger charge is -2.41. The molecule has 0 N–H and O–H groups in total. The molecular formula is C12H20O. The van der Waals surface area contributed by atoms with Crippen LogP contribution in [0.5, 0.6) is 0 Å². The maximum absolute atomic E-state index is 11.6. The lowest BCUT2D eigenvalue weighted by Crippen LogP contribution is -2.37. The smallest absolute Gasteiger partial charge is 0.136 e. The second-order valence-electron chi connectivity index (χ2n) is 5.16. The van der Waals surface area contributed by atoms with Crippen molar-refractivity contribution in [3.63, 3.8) is 0 Å². The fourth-order valence-electron chi connectivity index (χ4n) is 2.57. The fourth-order valence-corrected chi connectivity index (χ4v) is 2.57. The molecule has 1 saturated carbocycles. The number of carbonyl (C=O) groups is 1. The molecule has 2 unspecified atom stereocenters. The van der Waals surface area contributed by atoms with Gasteiger partial charge in [-0.15, -0.1) is 0 Å². The van der Waals surface area contributed by atoms with Crippen molar-refractivity contribution in [1.82, 2.24) is 0 Å². The molecule has 0 bridgehead atoms. The standard InChI is InChI=1S/C12H20O/c1-8(2)10-6-11(13)9(3)7-12(10,4)5/h9-10H,1,6-7H2,2-5H3. The van der Waals surface area contributed by atoms with Crippen LogP contribution in [0.15, 0.2) is 12.2 Å². The Labute approximate surface area is 81.2 Å². The van der Waals surface area contributed by atoms with E-state index in [4.69, 9.17) is 0 Å². The van der Waals surface area contributed by atoms with Gasteiger partial charge in [0.2, 0.25) is 0 Å². The van der Waals surface area contributed by atoms with Crippen LogP contribution in [0, 0.1) is 17.3 Å². The van der Waals surface area contributed by atoms with E-state index in [9.17, 15) is 4.79 Å². The molecule has 2 atom stereocenters. The van der Waals surface area contributed by atoms with Crippen LogP contribution in [0.1, 0.15) is 40.5 Å². The van der Waals surface area contributed by atoms with Crippen molar-refractivity contribution < 1.29 is 4.79 Å². The van der Waals surface area contributed by atoms with Gasteiger partial charge in [-0.3, -0.25) is 4.79 Å². The van der Waals surface area contributed by atoms with E-state index in [-0.39, 0.29) is 11.3 Å². The SMILES string of the molecule is C=C(C)C1CC(=O)C(C)CC1(C)C. The van der Waals surface area contributed by atoms with Crippen molar-refractivity contribution >= 4 is 5.78 Å². The summed E-state index contributed by atoms with van der Waals surface area (Å²) in [7, 11) is 0. The van der Waals surface area contributed by atoms with Crippen molar-refractivity contribution in [2.24, 2.45) is 17.3 Å². The molecule has 0 heterocycles. The minimum atomic E-state index is 0.241. The molecule has 0 saturated heterocycles. The van der Waals surface area contributed by atoms with Gasteiger partial charge in [0.1, 0.15) is 5.78 Å². The number of hydrogen-bond donors (Lipinski definition) is 0. The molecule has 74 valence electrons. The van der Waals surface area contributed by atoms with Crippen LogP contribution in [-0.2, 0) is 4.79 Å². The molecule has 1 fully saturated rings. The van der Waals surface area contributed by atoms with Gasteiger partial charge in [-0.2, -0.15) is 0 Å². The minimum Gasteiger partial charge on any atom is -0.299 e. The first-order chi connectivity index (χ1) is 5.84. The van der Waals surface area contributed by atoms with Crippen molar-refractivity contribution in [3.05, 3.63) is 12.2 Å². The summed E-state index contributed by atoms with van der Waals surface area (Å²) < 4.78 is 0. The first-order valence-electron chi connectivity index (χ1n) is 5.02. The lowest BCUT2D eigenvalue weighted by atomic mass is 9.63. The molecule has 0 aliphatic heterocycles. The zero-order chi connectivity index (χ0) is 10.2. The van der Waals surface area contributed by atoms with Gasteiger partial charge in [-0.1, -0.05) is 32.9 Å². The summed E-state index contributed by atoms with van der Waals surface area (Å²) in [5.41, 5.74) is 1.41. The van der Waals surface area contributed by atoms with Gasteiger partial charge in [-0.05, 0) is 24.7 Å². The third-order valence-electron chi connectivity index (χ3n) is 3.33. The van der Waals surface area contributed by atoms with E-state index in [0.717, 1.165) is 12.0 Å². The minimum absolute atomic E-state index is 0.241. The molecule has 0 radical (unpaired) electrons. The molecule has 13 heavy (non-hydrogen) atoms. The van der Waals surface area contributed by atoms with Gasteiger partial charge in [0.15, 0.2) is 0 Å². The molecule has 1 rings (SSSR count). The van der Waals surface area contributed by atoms with Crippen LogP contribution in [0.2, 0.25) is 0 Å². The number of Topliss-reactive ketones (excluding diaryl/α,β-unsaturated/α-hetero) is 1. The molecule has 1 aliphatic carbocycles. The molecule has 1 heteroatoms. The predicted molar refractivity (Wildman–Crippen MR) is 55.5 cm³/mol. The van der Waals surface area contributed by atoms with Gasteiger partial charge >= 0.3 is 0 Å². The summed E-state index contributed by atoms with van der Waals surface area (Å²) >= 11 is 0. The number of rotatable bonds is 1. The first kappa shape index (κ1) is 10.5. The third kappa shape index (κ3) is 2.01. The molecular weight excluding hydrogens is 160 g/mol. The number of carbonyl (C=O) groups excluding carboxylic acids is 1. The second-order valence-corrected chi connectivity index (χ2v) is 5.16. The Balaban J connectivity index is 2.85. The topological polar surface area (TPSA) is 17.1 Å². The zero-order valence-electron chi connectivity index (χ0n) is 9.18. The Bertz CT molecular complexity index is 238. The number of allylic oxidation sites excluding steroid dienone is 1. The summed E-state index contributed by atoms with van der Waals surface area (Å²) in [6.45, 7) is 12.6. The van der Waals surface area contributed by atoms with Crippen molar-refractivity contribution in [1.29, 1.82) is 0 Å². The van der Waals surface area contributed by atoms with Crippen LogP contribution in [0.3, 0.4) is 0 Å². The van der Waals surface area contributed by atoms with Crippen molar-refractivity contribution in [3.8, 4) is 0 Å². The zero-order valence-corrected chi connectivity index (χ0v) is 9.18. The van der Waals surface area contributed by atoms with Crippen LogP contribution < -0.4 is 0 Å². The highest BCUT2D eigenvalue weighted by Gasteiger charge is 2.39. The van der Waals surface area contributed by atoms with E-state index in [1.54, 1.807) is 0 Å². The summed E-state index contributed by atoms with van der Waals surface area (Å²) in [4.78, 5) is 11.6. The first-order valence-corrected chi connectivity index (χ1v) is 5.02. The van der Waals surface area contributed by atoms with Gasteiger partial charge in [-0.25, -0.2) is 0 Å². The molecule has 1 aliphatic rings. The fraction of sp³-hybridized carbons (Fsp3) is 0.750. The molecule has 0 aromatic carbocycles. The Morgan fingerprint density at radius 3 is 2.54 bits per heavy atom. The predicted octanol–water partition coefficient (Wildman–Crippen LogP) is 3.20. The van der Waals surface area contributed by atoms with Crippen molar-refractivity contribution in [2.45, 2.75) is 40.5 Å². The van der Waals surface area contributed by atoms with E-state index >= 15 is 0 Å². The Morgan fingerprint density at radius 2 is 2.08 bits per heavy atom. The maximum Gasteiger partial charge on any atom is 0.136 e. The molecule has 0 amide bonds. The van der Waals surface area contributed by atoms with Gasteiger partial charge in [0.05, 0.1) is 0 Å². The monoisotopic (exact) mass is 180 g/mol. The summed E-state index contributed by atoms with van der Waals surface area (Å²) in [6.07, 6.45) is 1.70. The van der Waals surface area contributed by atoms with Gasteiger partial charge in [0.25, 0.3) is 0 Å². The quantitative estimate of drug-likeness (QED) is 0.566. The van der Waals surface area contributed by atoms with E-state index in [1.807, 2.05) is 13.8 Å². The van der Waals surface area contributed by atoms with Crippen LogP contribution in [0.4, 0.5) is 0 Å². The second kappa shape index (κ2) is 3.28. The Morgan fingerprint density at radius 1 is 1.54 bits per heavy atom. The average molecular weight is 180 g/mol. The van der Waals surface area contributed by atoms with E-state index in [1.165, 1.54) is 0 Å². The normalized spacial score (nSPS) is 33.1. The summed E-state index contributed by atoms with van der Waals surface area (Å²) in [5.74, 6) is 1.04. The molecule has 0 aromatic heterocycles. The van der Waals surface area contributed by atoms with E-state index in [2.05, 4.69) is 20.4 Å². The van der Waals surface area contributed by atoms with Crippen molar-refractivity contribution in [2.75, 3.05) is 0 Å². The summed E-state index contributed by atoms with van der Waals surface area (Å²) in [6, 6.07) is 0. The highest BCUT2D eigenvalue weighted by molar-refractivity contribution is 5.82. The molecule has 0 spiro atoms. The van der Waals surface area contributed by atoms with Gasteiger partial charge < -0.3 is 0 Å². The molecule has 0 aromatic rings. The Kier molecular flexibility index (Phi) is 2.65. The average Bonchev–Trinajstić information content (AvgIpc) is 1.95. The van der Waals surface area contributed by atoms with E-state index < -0.39 is 0 Å². The van der Waals surface area contributed by atoms with E-state index in [0.29, 0.717) is 18.1 Å². The highest BCUT2D eigenvalue weighted by Crippen LogP contribution is 2.44. The van der Waals surface area contributed by atoms with Crippen LogP contribution in [0.25, 0.3) is 0 Å². The lowest BCUT2D eigenvalue weighted by molar-refractivity contribution is -0.128. The maximum atomic E-state index is 11.6. The number of ketones is 1. The van der Waals surface area contributed by atoms with Crippen LogP contribution in [-0.4, -0.2) is 5.78 Å². The summed E-state index contributed by atoms with van der Waals surface area (Å²) in [5, 5.41) is 0. The highest BCUT2D eigenvalue weighted by atomic mass is 16.1. The number of hydrogen-bond acceptors (Lipinski definition) is 1. The van der Waals surface area contributed by atoms with Gasteiger partial charge in [0, 0.05) is 12.3 Å².